The fraction of sp³-hybridized carbons (Fsp3) is 0.250. The van der Waals surface area contributed by atoms with Gasteiger partial charge in [0.2, 0.25) is 0 Å². The monoisotopic (exact) mass is 370 g/mol. The lowest BCUT2D eigenvalue weighted by Gasteiger charge is -2.32. The Hall–Kier alpha value is -1.10. The maximum atomic E-state index is 13.1. The highest BCUT2D eigenvalue weighted by atomic mass is 79.9. The van der Waals surface area contributed by atoms with Crippen molar-refractivity contribution >= 4 is 33.2 Å². The summed E-state index contributed by atoms with van der Waals surface area (Å²) in [6.07, 6.45) is 0. The topological polar surface area (TPSA) is 29.3 Å². The van der Waals surface area contributed by atoms with Gasteiger partial charge < -0.3 is 10.6 Å². The van der Waals surface area contributed by atoms with Crippen molar-refractivity contribution in [1.82, 2.24) is 0 Å². The quantitative estimate of drug-likeness (QED) is 0.820. The molecule has 0 heterocycles. The summed E-state index contributed by atoms with van der Waals surface area (Å²) in [5, 5.41) is 0.654. The van der Waals surface area contributed by atoms with E-state index in [2.05, 4.69) is 20.8 Å². The molecule has 0 saturated carbocycles. The first-order valence-corrected chi connectivity index (χ1v) is 7.91. The maximum Gasteiger partial charge on any atom is 0.123 e. The van der Waals surface area contributed by atoms with Crippen molar-refractivity contribution in [3.05, 3.63) is 63.3 Å². The second kappa shape index (κ2) is 7.25. The van der Waals surface area contributed by atoms with Crippen molar-refractivity contribution in [3.8, 4) is 0 Å². The van der Waals surface area contributed by atoms with Gasteiger partial charge in [0.25, 0.3) is 0 Å². The molecule has 1 atom stereocenters. The minimum Gasteiger partial charge on any atom is -0.363 e. The Morgan fingerprint density at radius 3 is 2.43 bits per heavy atom. The van der Waals surface area contributed by atoms with Gasteiger partial charge in [-0.25, -0.2) is 4.39 Å². The van der Waals surface area contributed by atoms with Crippen LogP contribution >= 0.6 is 27.5 Å². The van der Waals surface area contributed by atoms with Crippen LogP contribution in [0.1, 0.15) is 18.5 Å². The van der Waals surface area contributed by atoms with Crippen LogP contribution in [0.5, 0.6) is 0 Å². The van der Waals surface area contributed by atoms with Crippen molar-refractivity contribution in [2.24, 2.45) is 5.73 Å². The van der Waals surface area contributed by atoms with E-state index in [9.17, 15) is 4.39 Å². The van der Waals surface area contributed by atoms with Gasteiger partial charge >= 0.3 is 0 Å². The summed E-state index contributed by atoms with van der Waals surface area (Å²) < 4.78 is 13.9. The van der Waals surface area contributed by atoms with Crippen molar-refractivity contribution < 1.29 is 4.39 Å². The van der Waals surface area contributed by atoms with Crippen LogP contribution in [-0.2, 0) is 0 Å². The van der Waals surface area contributed by atoms with Gasteiger partial charge in [-0.05, 0) is 64.8 Å². The summed E-state index contributed by atoms with van der Waals surface area (Å²) >= 11 is 9.56. The fourth-order valence-corrected chi connectivity index (χ4v) is 2.81. The number of hydrogen-bond acceptors (Lipinski definition) is 2. The molecule has 2 aromatic rings. The standard InChI is InChI=1S/C16H17BrClFN2/c1-2-21(13-6-4-12(19)5-7-13)16(10-20)11-3-8-14(17)15(18)9-11/h3-9,16H,2,10,20H2,1H3. The van der Waals surface area contributed by atoms with Gasteiger partial charge in [0.05, 0.1) is 11.1 Å². The molecule has 0 radical (unpaired) electrons. The molecule has 0 aliphatic carbocycles. The minimum absolute atomic E-state index is 0.00828. The van der Waals surface area contributed by atoms with Crippen LogP contribution in [0.3, 0.4) is 0 Å². The minimum atomic E-state index is -0.245. The van der Waals surface area contributed by atoms with Gasteiger partial charge in [0, 0.05) is 23.2 Å². The van der Waals surface area contributed by atoms with E-state index < -0.39 is 0 Å². The van der Waals surface area contributed by atoms with E-state index in [1.165, 1.54) is 12.1 Å². The van der Waals surface area contributed by atoms with E-state index >= 15 is 0 Å². The average Bonchev–Trinajstić information content (AvgIpc) is 2.49. The lowest BCUT2D eigenvalue weighted by Crippen LogP contribution is -2.33. The highest BCUT2D eigenvalue weighted by Crippen LogP contribution is 2.31. The van der Waals surface area contributed by atoms with Crippen LogP contribution in [0.25, 0.3) is 0 Å². The molecule has 0 aromatic heterocycles. The number of anilines is 1. The second-order valence-electron chi connectivity index (χ2n) is 4.69. The second-order valence-corrected chi connectivity index (χ2v) is 5.95. The summed E-state index contributed by atoms with van der Waals surface area (Å²) in [5.41, 5.74) is 7.94. The summed E-state index contributed by atoms with van der Waals surface area (Å²) in [4.78, 5) is 2.14. The smallest absolute Gasteiger partial charge is 0.123 e. The first kappa shape index (κ1) is 16.3. The summed E-state index contributed by atoms with van der Waals surface area (Å²) in [6.45, 7) is 3.26. The molecule has 21 heavy (non-hydrogen) atoms. The SMILES string of the molecule is CCN(c1ccc(F)cc1)C(CN)c1ccc(Br)c(Cl)c1. The van der Waals surface area contributed by atoms with Crippen molar-refractivity contribution in [2.45, 2.75) is 13.0 Å². The lowest BCUT2D eigenvalue weighted by atomic mass is 10.0. The Morgan fingerprint density at radius 1 is 1.24 bits per heavy atom. The highest BCUT2D eigenvalue weighted by molar-refractivity contribution is 9.10. The first-order chi connectivity index (χ1) is 10.1. The van der Waals surface area contributed by atoms with E-state index in [4.69, 9.17) is 17.3 Å². The summed E-state index contributed by atoms with van der Waals surface area (Å²) in [7, 11) is 0. The van der Waals surface area contributed by atoms with Crippen LogP contribution in [0, 0.1) is 5.82 Å². The van der Waals surface area contributed by atoms with E-state index in [0.717, 1.165) is 22.3 Å². The Balaban J connectivity index is 2.36. The van der Waals surface area contributed by atoms with Gasteiger partial charge in [0.1, 0.15) is 5.82 Å². The normalized spacial score (nSPS) is 12.2. The zero-order valence-electron chi connectivity index (χ0n) is 11.7. The Bertz CT molecular complexity index is 604. The number of halogens is 3. The largest absolute Gasteiger partial charge is 0.363 e. The van der Waals surface area contributed by atoms with Gasteiger partial charge in [-0.1, -0.05) is 17.7 Å². The van der Waals surface area contributed by atoms with Crippen LogP contribution in [-0.4, -0.2) is 13.1 Å². The number of likely N-dealkylation sites (N-methyl/N-ethyl adjacent to an activating group) is 1. The molecule has 2 rings (SSSR count). The zero-order chi connectivity index (χ0) is 15.4. The van der Waals surface area contributed by atoms with Crippen LogP contribution in [0.15, 0.2) is 46.9 Å². The molecule has 0 bridgehead atoms. The molecule has 2 N–H and O–H groups in total. The molecular weight excluding hydrogens is 355 g/mol. The molecule has 0 spiro atoms. The Morgan fingerprint density at radius 2 is 1.90 bits per heavy atom. The van der Waals surface area contributed by atoms with E-state index in [1.54, 1.807) is 12.1 Å². The zero-order valence-corrected chi connectivity index (χ0v) is 14.0. The maximum absolute atomic E-state index is 13.1. The molecule has 0 aliphatic heterocycles. The molecule has 1 unspecified atom stereocenters. The summed E-state index contributed by atoms with van der Waals surface area (Å²) in [5.74, 6) is -0.245. The number of nitrogens with zero attached hydrogens (tertiary/aromatic N) is 1. The third-order valence-electron chi connectivity index (χ3n) is 3.43. The van der Waals surface area contributed by atoms with Crippen molar-refractivity contribution in [1.29, 1.82) is 0 Å². The number of benzene rings is 2. The molecule has 5 heteroatoms. The Kier molecular flexibility index (Phi) is 5.62. The predicted octanol–water partition coefficient (Wildman–Crippen LogP) is 4.77. The number of hydrogen-bond donors (Lipinski definition) is 1. The molecule has 0 saturated heterocycles. The Labute approximate surface area is 137 Å². The first-order valence-electron chi connectivity index (χ1n) is 6.74. The third-order valence-corrected chi connectivity index (χ3v) is 4.66. The third kappa shape index (κ3) is 3.76. The van der Waals surface area contributed by atoms with Gasteiger partial charge in [-0.2, -0.15) is 0 Å². The molecular formula is C16H17BrClFN2. The van der Waals surface area contributed by atoms with Crippen molar-refractivity contribution in [2.75, 3.05) is 18.0 Å². The van der Waals surface area contributed by atoms with Crippen LogP contribution < -0.4 is 10.6 Å². The predicted molar refractivity (Wildman–Crippen MR) is 90.4 cm³/mol. The molecule has 0 fully saturated rings. The molecule has 0 amide bonds. The lowest BCUT2D eigenvalue weighted by molar-refractivity contribution is 0.622. The summed E-state index contributed by atoms with van der Waals surface area (Å²) in [6, 6.07) is 12.3. The number of nitrogens with two attached hydrogens (primary N) is 1. The molecule has 2 aromatic carbocycles. The van der Waals surface area contributed by atoms with Crippen LogP contribution in [0.2, 0.25) is 5.02 Å². The van der Waals surface area contributed by atoms with E-state index in [-0.39, 0.29) is 11.9 Å². The van der Waals surface area contributed by atoms with Gasteiger partial charge in [0.15, 0.2) is 0 Å². The van der Waals surface area contributed by atoms with Crippen LogP contribution in [0.4, 0.5) is 10.1 Å². The van der Waals surface area contributed by atoms with E-state index in [0.29, 0.717) is 11.6 Å². The van der Waals surface area contributed by atoms with E-state index in [1.807, 2.05) is 25.1 Å². The molecule has 2 nitrogen and oxygen atoms in total. The van der Waals surface area contributed by atoms with Gasteiger partial charge in [-0.3, -0.25) is 0 Å². The molecule has 112 valence electrons. The highest BCUT2D eigenvalue weighted by Gasteiger charge is 2.19. The fourth-order valence-electron chi connectivity index (χ4n) is 2.38. The number of rotatable bonds is 5. The van der Waals surface area contributed by atoms with Gasteiger partial charge in [-0.15, -0.1) is 0 Å². The molecule has 0 aliphatic rings. The average molecular weight is 372 g/mol. The van der Waals surface area contributed by atoms with Crippen molar-refractivity contribution in [3.63, 3.8) is 0 Å².